The number of rotatable bonds is 4. The lowest BCUT2D eigenvalue weighted by molar-refractivity contribution is 0.0697. The third-order valence-electron chi connectivity index (χ3n) is 3.03. The fourth-order valence-electron chi connectivity index (χ4n) is 1.95. The van der Waals surface area contributed by atoms with Crippen molar-refractivity contribution in [3.05, 3.63) is 53.0 Å². The monoisotopic (exact) mass is 259 g/mol. The van der Waals surface area contributed by atoms with Crippen molar-refractivity contribution in [2.75, 3.05) is 5.32 Å². The van der Waals surface area contributed by atoms with Gasteiger partial charge in [-0.15, -0.1) is 0 Å². The first-order valence-corrected chi connectivity index (χ1v) is 6.14. The highest BCUT2D eigenvalue weighted by atomic mass is 16.4. The number of nitrogens with one attached hydrogen (secondary N) is 1. The number of aromatic carboxylic acids is 1. The minimum atomic E-state index is -0.913. The Morgan fingerprint density at radius 1 is 1.26 bits per heavy atom. The molecule has 1 heterocycles. The molecule has 19 heavy (non-hydrogen) atoms. The van der Waals surface area contributed by atoms with Crippen LogP contribution in [0.1, 0.15) is 40.4 Å². The molecule has 0 saturated carbocycles. The Morgan fingerprint density at radius 3 is 2.53 bits per heavy atom. The Morgan fingerprint density at radius 2 is 2.00 bits per heavy atom. The summed E-state index contributed by atoms with van der Waals surface area (Å²) in [4.78, 5) is 10.9. The van der Waals surface area contributed by atoms with Crippen LogP contribution in [-0.2, 0) is 0 Å². The normalized spacial score (nSPS) is 12.2. The maximum Gasteiger partial charge on any atom is 0.335 e. The van der Waals surface area contributed by atoms with Gasteiger partial charge in [-0.25, -0.2) is 4.79 Å². The number of carboxylic acid groups (broad SMARTS) is 1. The lowest BCUT2D eigenvalue weighted by atomic mass is 10.1. The lowest BCUT2D eigenvalue weighted by Gasteiger charge is -2.15. The van der Waals surface area contributed by atoms with Crippen molar-refractivity contribution in [2.24, 2.45) is 0 Å². The SMILES string of the molecule is Cc1ccc(C(C)Nc2ccc(C(=O)O)cc2C)o1. The zero-order valence-corrected chi connectivity index (χ0v) is 11.2. The molecule has 0 aliphatic rings. The average molecular weight is 259 g/mol. The van der Waals surface area contributed by atoms with Crippen LogP contribution in [0.3, 0.4) is 0 Å². The molecule has 0 aliphatic carbocycles. The van der Waals surface area contributed by atoms with E-state index in [1.807, 2.05) is 32.9 Å². The Hall–Kier alpha value is -2.23. The summed E-state index contributed by atoms with van der Waals surface area (Å²) in [6.45, 7) is 5.79. The Kier molecular flexibility index (Phi) is 3.60. The molecule has 100 valence electrons. The molecule has 2 N–H and O–H groups in total. The van der Waals surface area contributed by atoms with Gasteiger partial charge >= 0.3 is 5.97 Å². The van der Waals surface area contributed by atoms with Gasteiger partial charge < -0.3 is 14.8 Å². The summed E-state index contributed by atoms with van der Waals surface area (Å²) in [5, 5.41) is 12.2. The van der Waals surface area contributed by atoms with Gasteiger partial charge in [-0.2, -0.15) is 0 Å². The molecule has 1 atom stereocenters. The fourth-order valence-corrected chi connectivity index (χ4v) is 1.95. The number of aryl methyl sites for hydroxylation is 2. The predicted molar refractivity (Wildman–Crippen MR) is 73.6 cm³/mol. The molecule has 0 saturated heterocycles. The van der Waals surface area contributed by atoms with Gasteiger partial charge in [0.15, 0.2) is 0 Å². The molecular formula is C15H17NO3. The van der Waals surface area contributed by atoms with E-state index in [0.29, 0.717) is 5.56 Å². The number of anilines is 1. The van der Waals surface area contributed by atoms with E-state index in [0.717, 1.165) is 22.8 Å². The van der Waals surface area contributed by atoms with Crippen molar-refractivity contribution in [2.45, 2.75) is 26.8 Å². The van der Waals surface area contributed by atoms with Gasteiger partial charge in [0, 0.05) is 5.69 Å². The topological polar surface area (TPSA) is 62.5 Å². The summed E-state index contributed by atoms with van der Waals surface area (Å²) in [5.41, 5.74) is 2.10. The summed E-state index contributed by atoms with van der Waals surface area (Å²) < 4.78 is 5.56. The van der Waals surface area contributed by atoms with Gasteiger partial charge in [0.2, 0.25) is 0 Å². The molecule has 4 nitrogen and oxygen atoms in total. The van der Waals surface area contributed by atoms with Gasteiger partial charge in [-0.05, 0) is 56.7 Å². The fraction of sp³-hybridized carbons (Fsp3) is 0.267. The van der Waals surface area contributed by atoms with E-state index in [4.69, 9.17) is 9.52 Å². The number of hydrogen-bond donors (Lipinski definition) is 2. The van der Waals surface area contributed by atoms with Crippen LogP contribution < -0.4 is 5.32 Å². The molecule has 4 heteroatoms. The van der Waals surface area contributed by atoms with Gasteiger partial charge in [0.1, 0.15) is 11.5 Å². The predicted octanol–water partition coefficient (Wildman–Crippen LogP) is 3.77. The van der Waals surface area contributed by atoms with E-state index in [9.17, 15) is 4.79 Å². The Balaban J connectivity index is 2.17. The number of carboxylic acids is 1. The molecule has 1 aromatic heterocycles. The van der Waals surface area contributed by atoms with E-state index in [-0.39, 0.29) is 6.04 Å². The van der Waals surface area contributed by atoms with E-state index in [1.54, 1.807) is 18.2 Å². The highest BCUT2D eigenvalue weighted by Crippen LogP contribution is 2.24. The van der Waals surface area contributed by atoms with Gasteiger partial charge in [-0.1, -0.05) is 0 Å². The molecule has 0 bridgehead atoms. The van der Waals surface area contributed by atoms with Crippen LogP contribution in [0, 0.1) is 13.8 Å². The molecular weight excluding hydrogens is 242 g/mol. The number of furan rings is 1. The van der Waals surface area contributed by atoms with Crippen molar-refractivity contribution in [3.8, 4) is 0 Å². The highest BCUT2D eigenvalue weighted by Gasteiger charge is 2.11. The molecule has 0 fully saturated rings. The quantitative estimate of drug-likeness (QED) is 0.877. The zero-order valence-electron chi connectivity index (χ0n) is 11.2. The Labute approximate surface area is 112 Å². The number of hydrogen-bond acceptors (Lipinski definition) is 3. The summed E-state index contributed by atoms with van der Waals surface area (Å²) in [6.07, 6.45) is 0. The van der Waals surface area contributed by atoms with E-state index in [1.165, 1.54) is 0 Å². The Bertz CT molecular complexity index is 601. The van der Waals surface area contributed by atoms with E-state index >= 15 is 0 Å². The van der Waals surface area contributed by atoms with E-state index < -0.39 is 5.97 Å². The highest BCUT2D eigenvalue weighted by molar-refractivity contribution is 5.88. The molecule has 0 amide bonds. The second-order valence-corrected chi connectivity index (χ2v) is 4.65. The van der Waals surface area contributed by atoms with Gasteiger partial charge in [0.25, 0.3) is 0 Å². The summed E-state index contributed by atoms with van der Waals surface area (Å²) in [7, 11) is 0. The molecule has 0 spiro atoms. The molecule has 1 unspecified atom stereocenters. The van der Waals surface area contributed by atoms with Crippen molar-refractivity contribution in [1.82, 2.24) is 0 Å². The second-order valence-electron chi connectivity index (χ2n) is 4.65. The summed E-state index contributed by atoms with van der Waals surface area (Å²) in [5.74, 6) is 0.824. The maximum absolute atomic E-state index is 10.9. The van der Waals surface area contributed by atoms with Crippen molar-refractivity contribution >= 4 is 11.7 Å². The minimum absolute atomic E-state index is 0.0306. The number of carbonyl (C=O) groups is 1. The van der Waals surface area contributed by atoms with Crippen molar-refractivity contribution < 1.29 is 14.3 Å². The first-order valence-electron chi connectivity index (χ1n) is 6.14. The first-order chi connectivity index (χ1) is 8.97. The van der Waals surface area contributed by atoms with Crippen LogP contribution in [0.15, 0.2) is 34.7 Å². The lowest BCUT2D eigenvalue weighted by Crippen LogP contribution is -2.07. The maximum atomic E-state index is 10.9. The van der Waals surface area contributed by atoms with Crippen molar-refractivity contribution in [3.63, 3.8) is 0 Å². The standard InChI is InChI=1S/C15H17NO3/c1-9-8-12(15(17)18)5-6-13(9)16-11(3)14-7-4-10(2)19-14/h4-8,11,16H,1-3H3,(H,17,18). The average Bonchev–Trinajstić information content (AvgIpc) is 2.78. The van der Waals surface area contributed by atoms with Crippen LogP contribution in [0.5, 0.6) is 0 Å². The largest absolute Gasteiger partial charge is 0.478 e. The second kappa shape index (κ2) is 5.18. The molecule has 0 aliphatic heterocycles. The van der Waals surface area contributed by atoms with Gasteiger partial charge in [-0.3, -0.25) is 0 Å². The smallest absolute Gasteiger partial charge is 0.335 e. The van der Waals surface area contributed by atoms with E-state index in [2.05, 4.69) is 5.32 Å². The third kappa shape index (κ3) is 2.96. The summed E-state index contributed by atoms with van der Waals surface area (Å²) >= 11 is 0. The van der Waals surface area contributed by atoms with Crippen molar-refractivity contribution in [1.29, 1.82) is 0 Å². The number of benzene rings is 1. The van der Waals surface area contributed by atoms with Crippen LogP contribution >= 0.6 is 0 Å². The molecule has 1 aromatic carbocycles. The van der Waals surface area contributed by atoms with Crippen LogP contribution in [0.2, 0.25) is 0 Å². The van der Waals surface area contributed by atoms with Gasteiger partial charge in [0.05, 0.1) is 11.6 Å². The third-order valence-corrected chi connectivity index (χ3v) is 3.03. The van der Waals surface area contributed by atoms with Crippen LogP contribution in [-0.4, -0.2) is 11.1 Å². The van der Waals surface area contributed by atoms with Crippen LogP contribution in [0.4, 0.5) is 5.69 Å². The summed E-state index contributed by atoms with van der Waals surface area (Å²) in [6, 6.07) is 8.93. The molecule has 0 radical (unpaired) electrons. The molecule has 2 aromatic rings. The zero-order chi connectivity index (χ0) is 14.0. The molecule has 2 rings (SSSR count). The first kappa shape index (κ1) is 13.2. The minimum Gasteiger partial charge on any atom is -0.478 e. The van der Waals surface area contributed by atoms with Crippen LogP contribution in [0.25, 0.3) is 0 Å².